The molecule has 1 atom stereocenters. The molecular formula is C15H22F3N. The zero-order valence-corrected chi connectivity index (χ0v) is 11.9. The third-order valence-corrected chi connectivity index (χ3v) is 3.04. The molecule has 0 radical (unpaired) electrons. The van der Waals surface area contributed by atoms with Crippen molar-refractivity contribution >= 4 is 0 Å². The summed E-state index contributed by atoms with van der Waals surface area (Å²) in [5.74, 6) is 0. The molecule has 0 aromatic heterocycles. The Morgan fingerprint density at radius 2 is 1.68 bits per heavy atom. The van der Waals surface area contributed by atoms with Gasteiger partial charge in [0.15, 0.2) is 0 Å². The minimum atomic E-state index is -4.31. The van der Waals surface area contributed by atoms with E-state index in [0.717, 1.165) is 12.5 Å². The summed E-state index contributed by atoms with van der Waals surface area (Å²) < 4.78 is 39.3. The van der Waals surface area contributed by atoms with Gasteiger partial charge in [-0.15, -0.1) is 0 Å². The second kappa shape index (κ2) is 5.95. The molecule has 0 fully saturated rings. The highest BCUT2D eigenvalue weighted by Gasteiger charge is 2.37. The lowest BCUT2D eigenvalue weighted by atomic mass is 9.80. The molecule has 1 N–H and O–H groups in total. The Kier molecular flexibility index (Phi) is 5.02. The molecule has 1 unspecified atom stereocenters. The first-order valence-corrected chi connectivity index (χ1v) is 6.57. The number of alkyl halides is 3. The summed E-state index contributed by atoms with van der Waals surface area (Å²) >= 11 is 0. The van der Waals surface area contributed by atoms with Gasteiger partial charge in [-0.3, -0.25) is 0 Å². The van der Waals surface area contributed by atoms with Crippen molar-refractivity contribution < 1.29 is 13.2 Å². The minimum Gasteiger partial charge on any atom is -0.309 e. The van der Waals surface area contributed by atoms with E-state index in [1.807, 2.05) is 27.7 Å². The lowest BCUT2D eigenvalue weighted by molar-refractivity contribution is -0.138. The highest BCUT2D eigenvalue weighted by molar-refractivity contribution is 5.33. The zero-order chi connectivity index (χ0) is 14.7. The number of benzene rings is 1. The zero-order valence-electron chi connectivity index (χ0n) is 11.9. The lowest BCUT2D eigenvalue weighted by Gasteiger charge is -2.33. The van der Waals surface area contributed by atoms with Crippen molar-refractivity contribution in [2.24, 2.45) is 5.41 Å². The van der Waals surface area contributed by atoms with Gasteiger partial charge in [0.1, 0.15) is 0 Å². The first-order valence-electron chi connectivity index (χ1n) is 6.57. The van der Waals surface area contributed by atoms with Gasteiger partial charge in [-0.25, -0.2) is 0 Å². The van der Waals surface area contributed by atoms with Crippen molar-refractivity contribution in [2.45, 2.75) is 46.3 Å². The molecule has 0 aliphatic rings. The molecule has 1 aromatic rings. The normalized spacial score (nSPS) is 14.5. The molecule has 0 aliphatic heterocycles. The van der Waals surface area contributed by atoms with Gasteiger partial charge >= 0.3 is 6.18 Å². The SMILES string of the molecule is CCCNC(c1ccccc1C(F)(F)F)C(C)(C)C. The number of rotatable bonds is 4. The van der Waals surface area contributed by atoms with E-state index in [9.17, 15) is 13.2 Å². The van der Waals surface area contributed by atoms with Crippen molar-refractivity contribution in [3.8, 4) is 0 Å². The molecule has 0 aliphatic carbocycles. The van der Waals surface area contributed by atoms with Crippen LogP contribution in [0.4, 0.5) is 13.2 Å². The van der Waals surface area contributed by atoms with E-state index >= 15 is 0 Å². The van der Waals surface area contributed by atoms with E-state index in [0.29, 0.717) is 12.1 Å². The van der Waals surface area contributed by atoms with Crippen molar-refractivity contribution in [2.75, 3.05) is 6.54 Å². The molecule has 1 nitrogen and oxygen atoms in total. The number of hydrogen-bond acceptors (Lipinski definition) is 1. The quantitative estimate of drug-likeness (QED) is 0.831. The van der Waals surface area contributed by atoms with Crippen LogP contribution in [0, 0.1) is 5.41 Å². The highest BCUT2D eigenvalue weighted by Crippen LogP contribution is 2.40. The Morgan fingerprint density at radius 1 is 1.11 bits per heavy atom. The maximum Gasteiger partial charge on any atom is 0.416 e. The average Bonchev–Trinajstić information content (AvgIpc) is 2.27. The molecule has 4 heteroatoms. The molecule has 19 heavy (non-hydrogen) atoms. The monoisotopic (exact) mass is 273 g/mol. The molecule has 0 heterocycles. The first kappa shape index (κ1) is 16.0. The lowest BCUT2D eigenvalue weighted by Crippen LogP contribution is -2.34. The van der Waals surface area contributed by atoms with Crippen LogP contribution in [0.5, 0.6) is 0 Å². The Hall–Kier alpha value is -1.03. The molecule has 1 rings (SSSR count). The Labute approximate surface area is 113 Å². The fraction of sp³-hybridized carbons (Fsp3) is 0.600. The van der Waals surface area contributed by atoms with Crippen LogP contribution in [-0.2, 0) is 6.18 Å². The van der Waals surface area contributed by atoms with Gasteiger partial charge in [0, 0.05) is 6.04 Å². The van der Waals surface area contributed by atoms with Gasteiger partial charge in [-0.2, -0.15) is 13.2 Å². The third kappa shape index (κ3) is 4.23. The molecule has 108 valence electrons. The molecule has 0 saturated carbocycles. The maximum absolute atomic E-state index is 13.1. The molecule has 0 bridgehead atoms. The topological polar surface area (TPSA) is 12.0 Å². The number of nitrogens with one attached hydrogen (secondary N) is 1. The highest BCUT2D eigenvalue weighted by atomic mass is 19.4. The first-order chi connectivity index (χ1) is 8.68. The van der Waals surface area contributed by atoms with E-state index in [1.54, 1.807) is 12.1 Å². The van der Waals surface area contributed by atoms with Crippen LogP contribution in [0.25, 0.3) is 0 Å². The van der Waals surface area contributed by atoms with Crippen LogP contribution in [0.3, 0.4) is 0 Å². The summed E-state index contributed by atoms with van der Waals surface area (Å²) in [5, 5.41) is 3.24. The fourth-order valence-corrected chi connectivity index (χ4v) is 2.18. The van der Waals surface area contributed by atoms with E-state index < -0.39 is 11.7 Å². The molecule has 0 spiro atoms. The van der Waals surface area contributed by atoms with Crippen LogP contribution in [-0.4, -0.2) is 6.54 Å². The molecule has 1 aromatic carbocycles. The average molecular weight is 273 g/mol. The fourth-order valence-electron chi connectivity index (χ4n) is 2.18. The van der Waals surface area contributed by atoms with Gasteiger partial charge in [0.2, 0.25) is 0 Å². The molecular weight excluding hydrogens is 251 g/mol. The molecule has 0 amide bonds. The second-order valence-electron chi connectivity index (χ2n) is 5.84. The van der Waals surface area contributed by atoms with Gasteiger partial charge in [-0.1, -0.05) is 45.9 Å². The van der Waals surface area contributed by atoms with Crippen LogP contribution in [0.2, 0.25) is 0 Å². The van der Waals surface area contributed by atoms with Crippen molar-refractivity contribution in [3.63, 3.8) is 0 Å². The number of halogens is 3. The van der Waals surface area contributed by atoms with Crippen molar-refractivity contribution in [1.29, 1.82) is 0 Å². The van der Waals surface area contributed by atoms with Crippen molar-refractivity contribution in [3.05, 3.63) is 35.4 Å². The van der Waals surface area contributed by atoms with E-state index in [4.69, 9.17) is 0 Å². The van der Waals surface area contributed by atoms with Crippen LogP contribution >= 0.6 is 0 Å². The number of hydrogen-bond donors (Lipinski definition) is 1. The summed E-state index contributed by atoms with van der Waals surface area (Å²) in [7, 11) is 0. The predicted molar refractivity (Wildman–Crippen MR) is 71.9 cm³/mol. The largest absolute Gasteiger partial charge is 0.416 e. The Morgan fingerprint density at radius 3 is 2.16 bits per heavy atom. The smallest absolute Gasteiger partial charge is 0.309 e. The maximum atomic E-state index is 13.1. The minimum absolute atomic E-state index is 0.281. The summed E-state index contributed by atoms with van der Waals surface area (Å²) in [5.41, 5.74) is -0.495. The van der Waals surface area contributed by atoms with Crippen LogP contribution < -0.4 is 5.32 Å². The van der Waals surface area contributed by atoms with E-state index in [-0.39, 0.29) is 11.5 Å². The van der Waals surface area contributed by atoms with Gasteiger partial charge in [0.25, 0.3) is 0 Å². The van der Waals surface area contributed by atoms with Gasteiger partial charge < -0.3 is 5.32 Å². The molecule has 0 saturated heterocycles. The third-order valence-electron chi connectivity index (χ3n) is 3.04. The van der Waals surface area contributed by atoms with Gasteiger partial charge in [0.05, 0.1) is 5.56 Å². The predicted octanol–water partition coefficient (Wildman–Crippen LogP) is 4.79. The van der Waals surface area contributed by atoms with Crippen LogP contribution in [0.1, 0.15) is 51.3 Å². The van der Waals surface area contributed by atoms with E-state index in [1.165, 1.54) is 6.07 Å². The Balaban J connectivity index is 3.23. The van der Waals surface area contributed by atoms with Crippen LogP contribution in [0.15, 0.2) is 24.3 Å². The van der Waals surface area contributed by atoms with E-state index in [2.05, 4.69) is 5.32 Å². The summed E-state index contributed by atoms with van der Waals surface area (Å²) in [6.07, 6.45) is -3.42. The Bertz CT molecular complexity index is 405. The summed E-state index contributed by atoms with van der Waals surface area (Å²) in [6, 6.07) is 5.51. The summed E-state index contributed by atoms with van der Waals surface area (Å²) in [6.45, 7) is 8.56. The van der Waals surface area contributed by atoms with Crippen molar-refractivity contribution in [1.82, 2.24) is 5.32 Å². The standard InChI is InChI=1S/C15H22F3N/c1-5-10-19-13(14(2,3)4)11-8-6-7-9-12(11)15(16,17)18/h6-9,13,19H,5,10H2,1-4H3. The summed E-state index contributed by atoms with van der Waals surface area (Å²) in [4.78, 5) is 0. The second-order valence-corrected chi connectivity index (χ2v) is 5.84. The van der Waals surface area contributed by atoms with Gasteiger partial charge in [-0.05, 0) is 30.0 Å².